The van der Waals surface area contributed by atoms with Gasteiger partial charge in [0.1, 0.15) is 5.56 Å². The molecule has 76 valence electrons. The summed E-state index contributed by atoms with van der Waals surface area (Å²) in [5, 5.41) is 27.4. The van der Waals surface area contributed by atoms with Crippen LogP contribution >= 0.6 is 11.6 Å². The van der Waals surface area contributed by atoms with Crippen molar-refractivity contribution >= 4 is 17.6 Å². The van der Waals surface area contributed by atoms with Crippen LogP contribution in [0.2, 0.25) is 5.02 Å². The summed E-state index contributed by atoms with van der Waals surface area (Å²) in [5.41, 5.74) is 0.474. The van der Waals surface area contributed by atoms with E-state index in [0.717, 1.165) is 0 Å². The quantitative estimate of drug-likeness (QED) is 0.628. The Labute approximate surface area is 85.4 Å². The van der Waals surface area contributed by atoms with E-state index in [1.165, 1.54) is 6.92 Å². The number of aromatic hydroxyl groups is 2. The summed E-state index contributed by atoms with van der Waals surface area (Å²) >= 11 is 5.66. The molecule has 1 aromatic rings. The molecule has 0 aliphatic carbocycles. The van der Waals surface area contributed by atoms with Crippen molar-refractivity contribution in [2.75, 3.05) is 0 Å². The van der Waals surface area contributed by atoms with Crippen molar-refractivity contribution in [2.24, 2.45) is 0 Å². The Kier molecular flexibility index (Phi) is 2.57. The Bertz CT molecular complexity index is 383. The molecule has 1 rings (SSSR count). The summed E-state index contributed by atoms with van der Waals surface area (Å²) in [4.78, 5) is 10.7. The van der Waals surface area contributed by atoms with Gasteiger partial charge < -0.3 is 15.3 Å². The van der Waals surface area contributed by atoms with Crippen LogP contribution in [0.3, 0.4) is 0 Å². The van der Waals surface area contributed by atoms with E-state index in [4.69, 9.17) is 16.7 Å². The minimum absolute atomic E-state index is 0.0231. The summed E-state index contributed by atoms with van der Waals surface area (Å²) < 4.78 is 0. The summed E-state index contributed by atoms with van der Waals surface area (Å²) in [6.07, 6.45) is 0. The second kappa shape index (κ2) is 3.38. The average Bonchev–Trinajstić information content (AvgIpc) is 2.11. The van der Waals surface area contributed by atoms with Gasteiger partial charge in [-0.15, -0.1) is 0 Å². The number of hydrogen-bond acceptors (Lipinski definition) is 3. The van der Waals surface area contributed by atoms with Crippen LogP contribution in [0.5, 0.6) is 11.5 Å². The van der Waals surface area contributed by atoms with E-state index in [2.05, 4.69) is 0 Å². The number of aromatic carboxylic acids is 1. The van der Waals surface area contributed by atoms with Crippen LogP contribution < -0.4 is 0 Å². The van der Waals surface area contributed by atoms with Crippen LogP contribution in [-0.2, 0) is 0 Å². The van der Waals surface area contributed by atoms with Gasteiger partial charge in [0.05, 0.1) is 5.02 Å². The standard InChI is InChI=1S/C9H9ClO4/c1-3-4(2)6(10)8(12)7(11)5(3)9(13)14/h11-12H,1-2H3,(H,13,14). The number of carboxylic acids is 1. The molecular weight excluding hydrogens is 208 g/mol. The molecule has 0 atom stereocenters. The maximum Gasteiger partial charge on any atom is 0.339 e. The van der Waals surface area contributed by atoms with E-state index in [0.29, 0.717) is 11.1 Å². The fourth-order valence-electron chi connectivity index (χ4n) is 1.19. The monoisotopic (exact) mass is 216 g/mol. The fourth-order valence-corrected chi connectivity index (χ4v) is 1.42. The number of halogens is 1. The maximum absolute atomic E-state index is 10.7. The SMILES string of the molecule is Cc1c(C)c(C(=O)O)c(O)c(O)c1Cl. The first-order chi connectivity index (χ1) is 6.37. The van der Waals surface area contributed by atoms with Crippen LogP contribution in [0, 0.1) is 13.8 Å². The van der Waals surface area contributed by atoms with Crippen LogP contribution in [0.1, 0.15) is 21.5 Å². The summed E-state index contributed by atoms with van der Waals surface area (Å²) in [6.45, 7) is 3.09. The highest BCUT2D eigenvalue weighted by Crippen LogP contribution is 2.40. The number of phenols is 2. The second-order valence-electron chi connectivity index (χ2n) is 2.94. The number of phenolic OH excluding ortho intramolecular Hbond substituents is 1. The van der Waals surface area contributed by atoms with E-state index < -0.39 is 17.5 Å². The molecule has 0 heterocycles. The van der Waals surface area contributed by atoms with Gasteiger partial charge in [0.25, 0.3) is 0 Å². The molecule has 0 radical (unpaired) electrons. The molecule has 5 heteroatoms. The van der Waals surface area contributed by atoms with Crippen molar-refractivity contribution in [3.8, 4) is 11.5 Å². The van der Waals surface area contributed by atoms with Crippen molar-refractivity contribution in [1.29, 1.82) is 0 Å². The van der Waals surface area contributed by atoms with Gasteiger partial charge in [0.2, 0.25) is 0 Å². The van der Waals surface area contributed by atoms with Gasteiger partial charge in [0, 0.05) is 0 Å². The van der Waals surface area contributed by atoms with Crippen LogP contribution in [-0.4, -0.2) is 21.3 Å². The molecule has 0 aliphatic rings. The zero-order valence-corrected chi connectivity index (χ0v) is 8.38. The predicted octanol–water partition coefficient (Wildman–Crippen LogP) is 2.07. The summed E-state index contributed by atoms with van der Waals surface area (Å²) in [5.74, 6) is -2.58. The first-order valence-electron chi connectivity index (χ1n) is 3.81. The number of hydrogen-bond donors (Lipinski definition) is 3. The van der Waals surface area contributed by atoms with Gasteiger partial charge in [-0.1, -0.05) is 11.6 Å². The largest absolute Gasteiger partial charge is 0.504 e. The molecule has 0 unspecified atom stereocenters. The van der Waals surface area contributed by atoms with Crippen molar-refractivity contribution < 1.29 is 20.1 Å². The first-order valence-corrected chi connectivity index (χ1v) is 4.19. The third-order valence-corrected chi connectivity index (χ3v) is 2.61. The van der Waals surface area contributed by atoms with Crippen molar-refractivity contribution in [3.63, 3.8) is 0 Å². The fraction of sp³-hybridized carbons (Fsp3) is 0.222. The Morgan fingerprint density at radius 2 is 1.64 bits per heavy atom. The molecule has 0 spiro atoms. The van der Waals surface area contributed by atoms with E-state index >= 15 is 0 Å². The highest BCUT2D eigenvalue weighted by Gasteiger charge is 2.22. The molecule has 3 N–H and O–H groups in total. The molecule has 0 fully saturated rings. The third-order valence-electron chi connectivity index (χ3n) is 2.15. The van der Waals surface area contributed by atoms with E-state index in [1.807, 2.05) is 0 Å². The van der Waals surface area contributed by atoms with Crippen LogP contribution in [0.4, 0.5) is 0 Å². The van der Waals surface area contributed by atoms with Crippen molar-refractivity contribution in [1.82, 2.24) is 0 Å². The third kappa shape index (κ3) is 1.37. The van der Waals surface area contributed by atoms with Gasteiger partial charge in [-0.2, -0.15) is 0 Å². The molecule has 14 heavy (non-hydrogen) atoms. The number of carboxylic acid groups (broad SMARTS) is 1. The zero-order chi connectivity index (χ0) is 11.0. The number of carbonyl (C=O) groups is 1. The molecule has 0 aromatic heterocycles. The Morgan fingerprint density at radius 1 is 1.14 bits per heavy atom. The van der Waals surface area contributed by atoms with Gasteiger partial charge in [-0.3, -0.25) is 0 Å². The minimum atomic E-state index is -1.30. The minimum Gasteiger partial charge on any atom is -0.504 e. The lowest BCUT2D eigenvalue weighted by Gasteiger charge is -2.11. The van der Waals surface area contributed by atoms with Crippen LogP contribution in [0.25, 0.3) is 0 Å². The Hall–Kier alpha value is -1.42. The first kappa shape index (κ1) is 10.7. The average molecular weight is 217 g/mol. The molecular formula is C9H9ClO4. The van der Waals surface area contributed by atoms with Gasteiger partial charge in [0.15, 0.2) is 11.5 Å². The molecule has 0 bridgehead atoms. The van der Waals surface area contributed by atoms with E-state index in [9.17, 15) is 15.0 Å². The molecule has 0 saturated heterocycles. The molecule has 0 saturated carbocycles. The van der Waals surface area contributed by atoms with Crippen molar-refractivity contribution in [2.45, 2.75) is 13.8 Å². The Morgan fingerprint density at radius 3 is 2.07 bits per heavy atom. The molecule has 0 aliphatic heterocycles. The number of benzene rings is 1. The lowest BCUT2D eigenvalue weighted by Crippen LogP contribution is -2.02. The van der Waals surface area contributed by atoms with Gasteiger partial charge >= 0.3 is 5.97 Å². The Balaban J connectivity index is 3.68. The molecule has 1 aromatic carbocycles. The highest BCUT2D eigenvalue weighted by atomic mass is 35.5. The predicted molar refractivity (Wildman–Crippen MR) is 51.2 cm³/mol. The lowest BCUT2D eigenvalue weighted by molar-refractivity contribution is 0.0692. The summed E-state index contributed by atoms with van der Waals surface area (Å²) in [6, 6.07) is 0. The highest BCUT2D eigenvalue weighted by molar-refractivity contribution is 6.33. The number of rotatable bonds is 1. The molecule has 4 nitrogen and oxygen atoms in total. The lowest BCUT2D eigenvalue weighted by atomic mass is 10.0. The van der Waals surface area contributed by atoms with Crippen molar-refractivity contribution in [3.05, 3.63) is 21.7 Å². The van der Waals surface area contributed by atoms with Gasteiger partial charge in [-0.25, -0.2) is 4.79 Å². The molecule has 0 amide bonds. The van der Waals surface area contributed by atoms with E-state index in [1.54, 1.807) is 6.92 Å². The normalized spacial score (nSPS) is 10.2. The zero-order valence-electron chi connectivity index (χ0n) is 7.63. The summed E-state index contributed by atoms with van der Waals surface area (Å²) in [7, 11) is 0. The second-order valence-corrected chi connectivity index (χ2v) is 3.32. The van der Waals surface area contributed by atoms with Gasteiger partial charge in [-0.05, 0) is 25.0 Å². The maximum atomic E-state index is 10.7. The topological polar surface area (TPSA) is 77.8 Å². The van der Waals surface area contributed by atoms with E-state index in [-0.39, 0.29) is 10.6 Å². The smallest absolute Gasteiger partial charge is 0.339 e. The van der Waals surface area contributed by atoms with Crippen LogP contribution in [0.15, 0.2) is 0 Å².